The third-order valence-corrected chi connectivity index (χ3v) is 3.41. The monoisotopic (exact) mass is 292 g/mol. The van der Waals surface area contributed by atoms with Gasteiger partial charge in [0.05, 0.1) is 21.3 Å². The van der Waals surface area contributed by atoms with Gasteiger partial charge in [0.1, 0.15) is 0 Å². The largest absolute Gasteiger partial charge is 0.493 e. The lowest BCUT2D eigenvalue weighted by molar-refractivity contribution is -0.121. The van der Waals surface area contributed by atoms with Gasteiger partial charge in [-0.15, -0.1) is 0 Å². The van der Waals surface area contributed by atoms with Crippen LogP contribution < -0.4 is 19.6 Å². The van der Waals surface area contributed by atoms with Crippen molar-refractivity contribution in [2.75, 3.05) is 21.3 Å². The lowest BCUT2D eigenvalue weighted by Crippen LogP contribution is -2.25. The Balaban J connectivity index is 2.11. The van der Waals surface area contributed by atoms with E-state index in [2.05, 4.69) is 10.5 Å². The smallest absolute Gasteiger partial charge is 0.240 e. The van der Waals surface area contributed by atoms with Crippen molar-refractivity contribution in [2.45, 2.75) is 25.7 Å². The van der Waals surface area contributed by atoms with Crippen LogP contribution in [-0.4, -0.2) is 32.9 Å². The summed E-state index contributed by atoms with van der Waals surface area (Å²) in [6.45, 7) is 0. The van der Waals surface area contributed by atoms with Gasteiger partial charge in [-0.2, -0.15) is 5.10 Å². The summed E-state index contributed by atoms with van der Waals surface area (Å²) in [7, 11) is 4.78. The number of carbonyl (C=O) groups is 1. The van der Waals surface area contributed by atoms with Gasteiger partial charge >= 0.3 is 0 Å². The van der Waals surface area contributed by atoms with Crippen molar-refractivity contribution in [1.82, 2.24) is 5.43 Å². The Bertz CT molecular complexity index is 530. The second-order valence-electron chi connectivity index (χ2n) is 4.75. The zero-order valence-corrected chi connectivity index (χ0v) is 12.6. The number of methoxy groups -OCH3 is 3. The average Bonchev–Trinajstić information content (AvgIpc) is 2.53. The Morgan fingerprint density at radius 1 is 1.05 bits per heavy atom. The van der Waals surface area contributed by atoms with Crippen LogP contribution in [0.3, 0.4) is 0 Å². The lowest BCUT2D eigenvalue weighted by atomic mass is 10.0. The zero-order chi connectivity index (χ0) is 15.2. The summed E-state index contributed by atoms with van der Waals surface area (Å²) in [6, 6.07) is 3.87. The van der Waals surface area contributed by atoms with E-state index in [0.717, 1.165) is 30.5 Å². The molecule has 1 N–H and O–H groups in total. The fraction of sp³-hybridized carbons (Fsp3) is 0.467. The molecule has 6 heteroatoms. The van der Waals surface area contributed by atoms with E-state index in [-0.39, 0.29) is 5.91 Å². The molecule has 21 heavy (non-hydrogen) atoms. The number of rotatable bonds is 6. The van der Waals surface area contributed by atoms with Crippen LogP contribution in [0.4, 0.5) is 0 Å². The second-order valence-corrected chi connectivity index (χ2v) is 4.75. The number of nitrogens with one attached hydrogen (secondary N) is 1. The van der Waals surface area contributed by atoms with E-state index >= 15 is 0 Å². The van der Waals surface area contributed by atoms with E-state index < -0.39 is 0 Å². The molecule has 0 unspecified atom stereocenters. The Labute approximate surface area is 124 Å². The van der Waals surface area contributed by atoms with Gasteiger partial charge in [-0.25, -0.2) is 5.43 Å². The molecular weight excluding hydrogens is 272 g/mol. The Morgan fingerprint density at radius 2 is 1.71 bits per heavy atom. The molecule has 0 saturated heterocycles. The van der Waals surface area contributed by atoms with Crippen LogP contribution in [0.25, 0.3) is 0 Å². The standard InChI is InChI=1S/C15H20N2O4/c1-19-12-8-10(9-13(20-2)15(12)21-3)4-5-11-6-7-14(18)17-16-11/h8-9H,4-7H2,1-3H3,(H,17,18). The van der Waals surface area contributed by atoms with Crippen LogP contribution in [0.2, 0.25) is 0 Å². The first-order valence-corrected chi connectivity index (χ1v) is 6.81. The van der Waals surface area contributed by atoms with Crippen LogP contribution in [0.15, 0.2) is 17.2 Å². The predicted octanol–water partition coefficient (Wildman–Crippen LogP) is 1.91. The summed E-state index contributed by atoms with van der Waals surface area (Å²) >= 11 is 0. The Kier molecular flexibility index (Phi) is 5.03. The molecule has 1 aromatic carbocycles. The molecule has 0 bridgehead atoms. The molecule has 0 saturated carbocycles. The molecule has 0 spiro atoms. The maximum atomic E-state index is 11.1. The van der Waals surface area contributed by atoms with Crippen LogP contribution >= 0.6 is 0 Å². The van der Waals surface area contributed by atoms with Crippen LogP contribution in [0, 0.1) is 0 Å². The van der Waals surface area contributed by atoms with Gasteiger partial charge < -0.3 is 14.2 Å². The summed E-state index contributed by atoms with van der Waals surface area (Å²) in [5, 5.41) is 4.07. The third kappa shape index (κ3) is 3.65. The maximum absolute atomic E-state index is 11.1. The molecule has 1 aliphatic rings. The zero-order valence-electron chi connectivity index (χ0n) is 12.6. The second kappa shape index (κ2) is 6.97. The van der Waals surface area contributed by atoms with Gasteiger partial charge in [-0.05, 0) is 37.0 Å². The number of hydrogen-bond donors (Lipinski definition) is 1. The molecule has 114 valence electrons. The highest BCUT2D eigenvalue weighted by Gasteiger charge is 2.15. The van der Waals surface area contributed by atoms with Gasteiger partial charge in [0.25, 0.3) is 0 Å². The van der Waals surface area contributed by atoms with Crippen LogP contribution in [0.5, 0.6) is 17.2 Å². The fourth-order valence-electron chi connectivity index (χ4n) is 2.26. The van der Waals surface area contributed by atoms with E-state index in [1.54, 1.807) is 21.3 Å². The van der Waals surface area contributed by atoms with E-state index in [9.17, 15) is 4.79 Å². The minimum Gasteiger partial charge on any atom is -0.493 e. The minimum absolute atomic E-state index is 0.0217. The molecule has 0 radical (unpaired) electrons. The van der Waals surface area contributed by atoms with Gasteiger partial charge in [0.15, 0.2) is 11.5 Å². The minimum atomic E-state index is -0.0217. The van der Waals surface area contributed by atoms with Crippen LogP contribution in [-0.2, 0) is 11.2 Å². The molecular formula is C15H20N2O4. The highest BCUT2D eigenvalue weighted by Crippen LogP contribution is 2.38. The van der Waals surface area contributed by atoms with E-state index in [1.807, 2.05) is 12.1 Å². The van der Waals surface area contributed by atoms with Crippen molar-refractivity contribution in [3.8, 4) is 17.2 Å². The Morgan fingerprint density at radius 3 is 2.19 bits per heavy atom. The first kappa shape index (κ1) is 15.2. The molecule has 0 aromatic heterocycles. The first-order valence-electron chi connectivity index (χ1n) is 6.81. The summed E-state index contributed by atoms with van der Waals surface area (Å²) in [5.41, 5.74) is 4.59. The van der Waals surface area contributed by atoms with Crippen molar-refractivity contribution in [3.05, 3.63) is 17.7 Å². The summed E-state index contributed by atoms with van der Waals surface area (Å²) in [6.07, 6.45) is 2.81. The van der Waals surface area contributed by atoms with Crippen molar-refractivity contribution >= 4 is 11.6 Å². The highest BCUT2D eigenvalue weighted by atomic mass is 16.5. The lowest BCUT2D eigenvalue weighted by Gasteiger charge is -2.15. The summed E-state index contributed by atoms with van der Waals surface area (Å²) in [4.78, 5) is 11.1. The number of hydrogen-bond acceptors (Lipinski definition) is 5. The number of hydrazone groups is 1. The normalized spacial score (nSPS) is 14.2. The van der Waals surface area contributed by atoms with Crippen molar-refractivity contribution in [2.24, 2.45) is 5.10 Å². The number of carbonyl (C=O) groups excluding carboxylic acids is 1. The number of ether oxygens (including phenoxy) is 3. The molecule has 2 rings (SSSR count). The van der Waals surface area contributed by atoms with E-state index in [1.165, 1.54) is 0 Å². The number of aryl methyl sites for hydroxylation is 1. The molecule has 1 aromatic rings. The first-order chi connectivity index (χ1) is 10.2. The topological polar surface area (TPSA) is 69.2 Å². The van der Waals surface area contributed by atoms with Gasteiger partial charge in [0.2, 0.25) is 11.7 Å². The van der Waals surface area contributed by atoms with E-state index in [0.29, 0.717) is 23.7 Å². The number of nitrogens with zero attached hydrogens (tertiary/aromatic N) is 1. The molecule has 1 heterocycles. The molecule has 1 amide bonds. The molecule has 0 atom stereocenters. The van der Waals surface area contributed by atoms with E-state index in [4.69, 9.17) is 14.2 Å². The maximum Gasteiger partial charge on any atom is 0.240 e. The Hall–Kier alpha value is -2.24. The highest BCUT2D eigenvalue weighted by molar-refractivity contribution is 5.92. The quantitative estimate of drug-likeness (QED) is 0.869. The van der Waals surface area contributed by atoms with Gasteiger partial charge in [-0.3, -0.25) is 4.79 Å². The molecule has 0 aliphatic carbocycles. The van der Waals surface area contributed by atoms with Crippen molar-refractivity contribution < 1.29 is 19.0 Å². The fourth-order valence-corrected chi connectivity index (χ4v) is 2.26. The SMILES string of the molecule is COc1cc(CCC2=NNC(=O)CC2)cc(OC)c1OC. The molecule has 0 fully saturated rings. The summed E-state index contributed by atoms with van der Waals surface area (Å²) in [5.74, 6) is 1.86. The molecule has 1 aliphatic heterocycles. The number of benzene rings is 1. The van der Waals surface area contributed by atoms with Crippen molar-refractivity contribution in [1.29, 1.82) is 0 Å². The average molecular weight is 292 g/mol. The van der Waals surface area contributed by atoms with Crippen LogP contribution in [0.1, 0.15) is 24.8 Å². The molecule has 6 nitrogen and oxygen atoms in total. The number of amides is 1. The third-order valence-electron chi connectivity index (χ3n) is 3.41. The van der Waals surface area contributed by atoms with Crippen molar-refractivity contribution in [3.63, 3.8) is 0 Å². The summed E-state index contributed by atoms with van der Waals surface area (Å²) < 4.78 is 16.0. The predicted molar refractivity (Wildman–Crippen MR) is 79.2 cm³/mol. The van der Waals surface area contributed by atoms with Gasteiger partial charge in [0, 0.05) is 12.1 Å². The van der Waals surface area contributed by atoms with Gasteiger partial charge in [-0.1, -0.05) is 0 Å².